The van der Waals surface area contributed by atoms with Crippen molar-refractivity contribution < 1.29 is 9.63 Å². The van der Waals surface area contributed by atoms with E-state index in [-0.39, 0.29) is 5.75 Å². The molecule has 0 saturated heterocycles. The molecule has 72 valence electrons. The van der Waals surface area contributed by atoms with Crippen molar-refractivity contribution in [3.8, 4) is 17.1 Å². The number of aryl methyl sites for hydroxylation is 1. The minimum absolute atomic E-state index is 0.199. The summed E-state index contributed by atoms with van der Waals surface area (Å²) < 4.78 is 4.97. The molecule has 0 saturated carbocycles. The van der Waals surface area contributed by atoms with Crippen LogP contribution in [0.4, 0.5) is 0 Å². The monoisotopic (exact) mass is 190 g/mol. The molecule has 4 nitrogen and oxygen atoms in total. The van der Waals surface area contributed by atoms with Gasteiger partial charge in [0.25, 0.3) is 0 Å². The van der Waals surface area contributed by atoms with Crippen molar-refractivity contribution in [1.29, 1.82) is 0 Å². The van der Waals surface area contributed by atoms with Crippen LogP contribution in [0.1, 0.15) is 12.8 Å². The third-order valence-corrected chi connectivity index (χ3v) is 1.87. The molecular formula is C10H10N2O2. The molecule has 0 aliphatic rings. The van der Waals surface area contributed by atoms with E-state index in [2.05, 4.69) is 10.1 Å². The lowest BCUT2D eigenvalue weighted by Gasteiger charge is -1.94. The fourth-order valence-electron chi connectivity index (χ4n) is 1.16. The summed E-state index contributed by atoms with van der Waals surface area (Å²) in [6, 6.07) is 6.77. The Morgan fingerprint density at radius 3 is 2.93 bits per heavy atom. The zero-order chi connectivity index (χ0) is 9.97. The summed E-state index contributed by atoms with van der Waals surface area (Å²) in [6.07, 6.45) is 0.714. The Morgan fingerprint density at radius 2 is 2.29 bits per heavy atom. The number of hydrogen-bond donors (Lipinski definition) is 1. The SMILES string of the molecule is CCc1nc(-c2cccc(O)c2)no1. The van der Waals surface area contributed by atoms with Gasteiger partial charge in [-0.15, -0.1) is 0 Å². The molecule has 1 heterocycles. The topological polar surface area (TPSA) is 59.2 Å². The van der Waals surface area contributed by atoms with Gasteiger partial charge in [0.05, 0.1) is 0 Å². The Balaban J connectivity index is 2.39. The molecular weight excluding hydrogens is 180 g/mol. The largest absolute Gasteiger partial charge is 0.508 e. The summed E-state index contributed by atoms with van der Waals surface area (Å²) >= 11 is 0. The standard InChI is InChI=1S/C10H10N2O2/c1-2-9-11-10(12-14-9)7-4-3-5-8(13)6-7/h3-6,13H,2H2,1H3. The molecule has 0 unspecified atom stereocenters. The highest BCUT2D eigenvalue weighted by molar-refractivity contribution is 5.56. The van der Waals surface area contributed by atoms with Gasteiger partial charge >= 0.3 is 0 Å². The number of rotatable bonds is 2. The zero-order valence-corrected chi connectivity index (χ0v) is 7.77. The van der Waals surface area contributed by atoms with Crippen LogP contribution >= 0.6 is 0 Å². The Labute approximate surface area is 81.2 Å². The van der Waals surface area contributed by atoms with Crippen molar-refractivity contribution in [3.05, 3.63) is 30.2 Å². The molecule has 0 radical (unpaired) electrons. The molecule has 2 aromatic rings. The highest BCUT2D eigenvalue weighted by atomic mass is 16.5. The van der Waals surface area contributed by atoms with E-state index in [0.717, 1.165) is 5.56 Å². The molecule has 0 fully saturated rings. The van der Waals surface area contributed by atoms with Crippen LogP contribution in [0, 0.1) is 0 Å². The van der Waals surface area contributed by atoms with Crippen molar-refractivity contribution in [2.45, 2.75) is 13.3 Å². The van der Waals surface area contributed by atoms with Gasteiger partial charge in [0.1, 0.15) is 5.75 Å². The number of phenolic OH excluding ortho intramolecular Hbond substituents is 1. The molecule has 0 aliphatic heterocycles. The lowest BCUT2D eigenvalue weighted by atomic mass is 10.2. The number of nitrogens with zero attached hydrogens (tertiary/aromatic N) is 2. The third-order valence-electron chi connectivity index (χ3n) is 1.87. The van der Waals surface area contributed by atoms with Crippen LogP contribution < -0.4 is 0 Å². The van der Waals surface area contributed by atoms with Crippen LogP contribution in [0.15, 0.2) is 28.8 Å². The van der Waals surface area contributed by atoms with Gasteiger partial charge in [0, 0.05) is 12.0 Å². The van der Waals surface area contributed by atoms with Gasteiger partial charge in [0.2, 0.25) is 11.7 Å². The Kier molecular flexibility index (Phi) is 2.18. The average molecular weight is 190 g/mol. The zero-order valence-electron chi connectivity index (χ0n) is 7.77. The van der Waals surface area contributed by atoms with Crippen molar-refractivity contribution in [1.82, 2.24) is 10.1 Å². The first-order valence-electron chi connectivity index (χ1n) is 4.41. The summed E-state index contributed by atoms with van der Waals surface area (Å²) in [5, 5.41) is 13.1. The normalized spacial score (nSPS) is 10.4. The minimum atomic E-state index is 0.199. The maximum atomic E-state index is 9.25. The number of benzene rings is 1. The first-order valence-corrected chi connectivity index (χ1v) is 4.41. The molecule has 0 atom stereocenters. The molecule has 14 heavy (non-hydrogen) atoms. The van der Waals surface area contributed by atoms with Crippen LogP contribution in [0.5, 0.6) is 5.75 Å². The van der Waals surface area contributed by atoms with E-state index in [9.17, 15) is 5.11 Å². The first-order chi connectivity index (χ1) is 6.79. The van der Waals surface area contributed by atoms with Crippen molar-refractivity contribution in [3.63, 3.8) is 0 Å². The van der Waals surface area contributed by atoms with Crippen molar-refractivity contribution >= 4 is 0 Å². The lowest BCUT2D eigenvalue weighted by Crippen LogP contribution is -1.81. The van der Waals surface area contributed by atoms with E-state index in [0.29, 0.717) is 18.1 Å². The molecule has 0 aliphatic carbocycles. The van der Waals surface area contributed by atoms with Gasteiger partial charge < -0.3 is 9.63 Å². The van der Waals surface area contributed by atoms with E-state index in [1.807, 2.05) is 13.0 Å². The minimum Gasteiger partial charge on any atom is -0.508 e. The summed E-state index contributed by atoms with van der Waals surface area (Å²) in [4.78, 5) is 4.15. The van der Waals surface area contributed by atoms with E-state index >= 15 is 0 Å². The summed E-state index contributed by atoms with van der Waals surface area (Å²) in [7, 11) is 0. The number of aromatic nitrogens is 2. The van der Waals surface area contributed by atoms with Gasteiger partial charge in [-0.1, -0.05) is 24.2 Å². The van der Waals surface area contributed by atoms with Crippen LogP contribution in [0.25, 0.3) is 11.4 Å². The van der Waals surface area contributed by atoms with Crippen molar-refractivity contribution in [2.75, 3.05) is 0 Å². The predicted molar refractivity (Wildman–Crippen MR) is 50.8 cm³/mol. The number of hydrogen-bond acceptors (Lipinski definition) is 4. The fraction of sp³-hybridized carbons (Fsp3) is 0.200. The molecule has 2 rings (SSSR count). The highest BCUT2D eigenvalue weighted by Gasteiger charge is 2.06. The second-order valence-electron chi connectivity index (χ2n) is 2.92. The predicted octanol–water partition coefficient (Wildman–Crippen LogP) is 2.00. The molecule has 1 aromatic carbocycles. The van der Waals surface area contributed by atoms with Crippen LogP contribution in [0.3, 0.4) is 0 Å². The van der Waals surface area contributed by atoms with E-state index < -0.39 is 0 Å². The first kappa shape index (κ1) is 8.74. The highest BCUT2D eigenvalue weighted by Crippen LogP contribution is 2.20. The Morgan fingerprint density at radius 1 is 1.43 bits per heavy atom. The van der Waals surface area contributed by atoms with E-state index in [1.165, 1.54) is 0 Å². The fourth-order valence-corrected chi connectivity index (χ4v) is 1.16. The smallest absolute Gasteiger partial charge is 0.226 e. The maximum Gasteiger partial charge on any atom is 0.226 e. The van der Waals surface area contributed by atoms with Gasteiger partial charge in [-0.2, -0.15) is 4.98 Å². The van der Waals surface area contributed by atoms with Gasteiger partial charge in [-0.3, -0.25) is 0 Å². The maximum absolute atomic E-state index is 9.25. The second kappa shape index (κ2) is 3.49. The molecule has 0 spiro atoms. The Hall–Kier alpha value is -1.84. The number of phenols is 1. The molecule has 4 heteroatoms. The molecule has 0 amide bonds. The lowest BCUT2D eigenvalue weighted by molar-refractivity contribution is 0.383. The third kappa shape index (κ3) is 1.59. The van der Waals surface area contributed by atoms with E-state index in [4.69, 9.17) is 4.52 Å². The second-order valence-corrected chi connectivity index (χ2v) is 2.92. The molecule has 1 aromatic heterocycles. The summed E-state index contributed by atoms with van der Waals surface area (Å²) in [6.45, 7) is 1.94. The van der Waals surface area contributed by atoms with Gasteiger partial charge in [-0.25, -0.2) is 0 Å². The van der Waals surface area contributed by atoms with Gasteiger partial charge in [0.15, 0.2) is 0 Å². The van der Waals surface area contributed by atoms with Crippen LogP contribution in [-0.4, -0.2) is 15.2 Å². The summed E-state index contributed by atoms with van der Waals surface area (Å²) in [5.41, 5.74) is 0.758. The number of aromatic hydroxyl groups is 1. The molecule has 0 bridgehead atoms. The van der Waals surface area contributed by atoms with Crippen LogP contribution in [-0.2, 0) is 6.42 Å². The van der Waals surface area contributed by atoms with Crippen LogP contribution in [0.2, 0.25) is 0 Å². The summed E-state index contributed by atoms with van der Waals surface area (Å²) in [5.74, 6) is 1.31. The quantitative estimate of drug-likeness (QED) is 0.786. The van der Waals surface area contributed by atoms with Gasteiger partial charge in [-0.05, 0) is 12.1 Å². The van der Waals surface area contributed by atoms with E-state index in [1.54, 1.807) is 18.2 Å². The Bertz CT molecular complexity index is 437. The molecule has 1 N–H and O–H groups in total. The average Bonchev–Trinajstić information content (AvgIpc) is 2.66. The van der Waals surface area contributed by atoms with Crippen molar-refractivity contribution in [2.24, 2.45) is 0 Å².